The number of aryl methyl sites for hydroxylation is 1. The third kappa shape index (κ3) is 4.43. The molecule has 1 amide bonds. The highest BCUT2D eigenvalue weighted by Crippen LogP contribution is 2.30. The van der Waals surface area contributed by atoms with E-state index in [9.17, 15) is 9.59 Å². The second-order valence-electron chi connectivity index (χ2n) is 7.00. The number of anilines is 1. The molecule has 1 saturated heterocycles. The van der Waals surface area contributed by atoms with Gasteiger partial charge in [0.2, 0.25) is 0 Å². The number of carbonyl (C=O) groups excluding carboxylic acids is 2. The molecule has 2 heterocycles. The van der Waals surface area contributed by atoms with Crippen molar-refractivity contribution in [3.8, 4) is 0 Å². The van der Waals surface area contributed by atoms with Gasteiger partial charge in [-0.2, -0.15) is 0 Å². The zero-order valence-corrected chi connectivity index (χ0v) is 15.5. The van der Waals surface area contributed by atoms with Crippen LogP contribution in [0.1, 0.15) is 38.7 Å². The molecule has 6 nitrogen and oxygen atoms in total. The van der Waals surface area contributed by atoms with Gasteiger partial charge in [-0.05, 0) is 51.2 Å². The van der Waals surface area contributed by atoms with Crippen LogP contribution in [0.25, 0.3) is 0 Å². The van der Waals surface area contributed by atoms with Gasteiger partial charge in [0.25, 0.3) is 5.91 Å². The number of ether oxygens (including phenoxy) is 3. The summed E-state index contributed by atoms with van der Waals surface area (Å²) in [5.74, 6) is -0.723. The van der Waals surface area contributed by atoms with Crippen LogP contribution in [-0.2, 0) is 30.2 Å². The van der Waals surface area contributed by atoms with Crippen LogP contribution in [0.4, 0.5) is 5.69 Å². The average Bonchev–Trinajstić information content (AvgIpc) is 3.17. The van der Waals surface area contributed by atoms with Gasteiger partial charge in [0.05, 0.1) is 12.7 Å². The van der Waals surface area contributed by atoms with Crippen molar-refractivity contribution in [2.45, 2.75) is 57.8 Å². The standard InChI is InChI=1S/C20H27NO5/c1-14-9-10-16-6-3-4-8-18(16)21(14)19(22)13-26-20(23)15(2)25-12-17-7-5-11-24-17/h3-4,6,8,14-15,17H,5,7,9-13H2,1-2H3. The lowest BCUT2D eigenvalue weighted by Crippen LogP contribution is -2.44. The zero-order valence-electron chi connectivity index (χ0n) is 15.5. The Morgan fingerprint density at radius 3 is 2.88 bits per heavy atom. The topological polar surface area (TPSA) is 65.1 Å². The van der Waals surface area contributed by atoms with Crippen LogP contribution in [0, 0.1) is 0 Å². The van der Waals surface area contributed by atoms with Gasteiger partial charge in [0, 0.05) is 18.3 Å². The van der Waals surface area contributed by atoms with Crippen LogP contribution < -0.4 is 4.90 Å². The van der Waals surface area contributed by atoms with E-state index in [4.69, 9.17) is 14.2 Å². The summed E-state index contributed by atoms with van der Waals surface area (Å²) >= 11 is 0. The van der Waals surface area contributed by atoms with Crippen molar-refractivity contribution < 1.29 is 23.8 Å². The molecule has 2 aliphatic heterocycles. The maximum absolute atomic E-state index is 12.7. The van der Waals surface area contributed by atoms with Crippen LogP contribution in [0.15, 0.2) is 24.3 Å². The largest absolute Gasteiger partial charge is 0.454 e. The number of hydrogen-bond donors (Lipinski definition) is 0. The van der Waals surface area contributed by atoms with Crippen molar-refractivity contribution in [3.63, 3.8) is 0 Å². The molecule has 3 atom stereocenters. The highest BCUT2D eigenvalue weighted by Gasteiger charge is 2.29. The van der Waals surface area contributed by atoms with Crippen molar-refractivity contribution in [2.75, 3.05) is 24.7 Å². The molecule has 0 aliphatic carbocycles. The highest BCUT2D eigenvalue weighted by atomic mass is 16.6. The number of nitrogens with zero attached hydrogens (tertiary/aromatic N) is 1. The van der Waals surface area contributed by atoms with Crippen LogP contribution in [0.2, 0.25) is 0 Å². The minimum absolute atomic E-state index is 0.0533. The molecule has 3 rings (SSSR count). The molecule has 1 fully saturated rings. The molecule has 0 N–H and O–H groups in total. The van der Waals surface area contributed by atoms with Gasteiger partial charge in [-0.15, -0.1) is 0 Å². The van der Waals surface area contributed by atoms with E-state index in [1.807, 2.05) is 31.2 Å². The number of benzene rings is 1. The summed E-state index contributed by atoms with van der Waals surface area (Å²) in [4.78, 5) is 26.5. The van der Waals surface area contributed by atoms with Crippen molar-refractivity contribution in [2.24, 2.45) is 0 Å². The number of fused-ring (bicyclic) bond motifs is 1. The van der Waals surface area contributed by atoms with Crippen LogP contribution in [-0.4, -0.2) is 49.9 Å². The Morgan fingerprint density at radius 2 is 2.12 bits per heavy atom. The lowest BCUT2D eigenvalue weighted by Gasteiger charge is -2.35. The number of amides is 1. The second kappa shape index (κ2) is 8.64. The monoisotopic (exact) mass is 361 g/mol. The van der Waals surface area contributed by atoms with Gasteiger partial charge in [-0.3, -0.25) is 4.79 Å². The summed E-state index contributed by atoms with van der Waals surface area (Å²) in [6.45, 7) is 4.51. The normalized spacial score (nSPS) is 23.4. The Balaban J connectivity index is 1.50. The number of esters is 1. The van der Waals surface area contributed by atoms with E-state index >= 15 is 0 Å². The third-order valence-electron chi connectivity index (χ3n) is 5.02. The average molecular weight is 361 g/mol. The third-order valence-corrected chi connectivity index (χ3v) is 5.02. The van der Waals surface area contributed by atoms with E-state index in [2.05, 4.69) is 0 Å². The molecule has 0 saturated carbocycles. The summed E-state index contributed by atoms with van der Waals surface area (Å²) in [5, 5.41) is 0. The zero-order chi connectivity index (χ0) is 18.5. The first-order valence-electron chi connectivity index (χ1n) is 9.36. The Morgan fingerprint density at radius 1 is 1.31 bits per heavy atom. The van der Waals surface area contributed by atoms with Gasteiger partial charge >= 0.3 is 5.97 Å². The first-order chi connectivity index (χ1) is 12.6. The van der Waals surface area contributed by atoms with E-state index in [0.717, 1.165) is 43.5 Å². The predicted molar refractivity (Wildman–Crippen MR) is 97.1 cm³/mol. The molecule has 26 heavy (non-hydrogen) atoms. The molecule has 0 spiro atoms. The summed E-state index contributed by atoms with van der Waals surface area (Å²) in [6, 6.07) is 7.96. The number of para-hydroxylation sites is 1. The number of carbonyl (C=O) groups is 2. The van der Waals surface area contributed by atoms with Crippen molar-refractivity contribution >= 4 is 17.6 Å². The molecule has 0 bridgehead atoms. The van der Waals surface area contributed by atoms with Crippen LogP contribution >= 0.6 is 0 Å². The molecule has 2 aliphatic rings. The van der Waals surface area contributed by atoms with Crippen molar-refractivity contribution in [1.82, 2.24) is 0 Å². The van der Waals surface area contributed by atoms with E-state index in [1.165, 1.54) is 0 Å². The van der Waals surface area contributed by atoms with Gasteiger partial charge in [0.15, 0.2) is 12.7 Å². The Hall–Kier alpha value is -1.92. The number of hydrogen-bond acceptors (Lipinski definition) is 5. The first kappa shape index (κ1) is 18.9. The van der Waals surface area contributed by atoms with E-state index in [-0.39, 0.29) is 24.7 Å². The Labute approximate surface area is 154 Å². The van der Waals surface area contributed by atoms with Gasteiger partial charge < -0.3 is 19.1 Å². The summed E-state index contributed by atoms with van der Waals surface area (Å²) in [7, 11) is 0. The fourth-order valence-electron chi connectivity index (χ4n) is 3.48. The first-order valence-corrected chi connectivity index (χ1v) is 9.36. The molecular formula is C20H27NO5. The highest BCUT2D eigenvalue weighted by molar-refractivity contribution is 5.97. The van der Waals surface area contributed by atoms with E-state index < -0.39 is 12.1 Å². The molecule has 1 aromatic carbocycles. The molecule has 0 radical (unpaired) electrons. The van der Waals surface area contributed by atoms with E-state index in [1.54, 1.807) is 11.8 Å². The number of rotatable bonds is 6. The smallest absolute Gasteiger partial charge is 0.335 e. The Bertz CT molecular complexity index is 641. The van der Waals surface area contributed by atoms with Gasteiger partial charge in [-0.1, -0.05) is 18.2 Å². The van der Waals surface area contributed by atoms with Gasteiger partial charge in [0.1, 0.15) is 0 Å². The summed E-state index contributed by atoms with van der Waals surface area (Å²) < 4.78 is 16.2. The van der Waals surface area contributed by atoms with Crippen molar-refractivity contribution in [3.05, 3.63) is 29.8 Å². The van der Waals surface area contributed by atoms with Crippen LogP contribution in [0.3, 0.4) is 0 Å². The maximum Gasteiger partial charge on any atom is 0.335 e. The summed E-state index contributed by atoms with van der Waals surface area (Å²) in [6.07, 6.45) is 3.17. The lowest BCUT2D eigenvalue weighted by molar-refractivity contribution is -0.160. The fourth-order valence-corrected chi connectivity index (χ4v) is 3.48. The second-order valence-corrected chi connectivity index (χ2v) is 7.00. The van der Waals surface area contributed by atoms with Crippen LogP contribution in [0.5, 0.6) is 0 Å². The quantitative estimate of drug-likeness (QED) is 0.729. The minimum atomic E-state index is -0.710. The molecule has 142 valence electrons. The van der Waals surface area contributed by atoms with Crippen molar-refractivity contribution in [1.29, 1.82) is 0 Å². The summed E-state index contributed by atoms with van der Waals surface area (Å²) in [5.41, 5.74) is 2.06. The Kier molecular flexibility index (Phi) is 6.27. The molecular weight excluding hydrogens is 334 g/mol. The maximum atomic E-state index is 12.7. The molecule has 3 unspecified atom stereocenters. The SMILES string of the molecule is CC(OCC1CCCO1)C(=O)OCC(=O)N1c2ccccc2CCC1C. The minimum Gasteiger partial charge on any atom is -0.454 e. The molecule has 0 aromatic heterocycles. The molecule has 6 heteroatoms. The lowest BCUT2D eigenvalue weighted by atomic mass is 9.96. The van der Waals surface area contributed by atoms with Gasteiger partial charge in [-0.25, -0.2) is 4.79 Å². The molecule has 1 aromatic rings. The predicted octanol–water partition coefficient (Wildman–Crippen LogP) is 2.48. The van der Waals surface area contributed by atoms with E-state index in [0.29, 0.717) is 6.61 Å². The fraction of sp³-hybridized carbons (Fsp3) is 0.600.